The topological polar surface area (TPSA) is 89.4 Å². The van der Waals surface area contributed by atoms with E-state index in [1.807, 2.05) is 26.0 Å². The number of hydrogen-bond acceptors (Lipinski definition) is 4. The van der Waals surface area contributed by atoms with Crippen LogP contribution in [0.5, 0.6) is 11.5 Å². The summed E-state index contributed by atoms with van der Waals surface area (Å²) < 4.78 is 10.7. The van der Waals surface area contributed by atoms with Crippen molar-refractivity contribution in [1.29, 1.82) is 0 Å². The molecule has 2 unspecified atom stereocenters. The molecule has 6 nitrogen and oxygen atoms in total. The fourth-order valence-corrected chi connectivity index (χ4v) is 2.78. The summed E-state index contributed by atoms with van der Waals surface area (Å²) in [5.41, 5.74) is 8.01. The Morgan fingerprint density at radius 2 is 2.00 bits per heavy atom. The molecular weight excluding hydrogens is 354 g/mol. The van der Waals surface area contributed by atoms with Crippen molar-refractivity contribution in [1.82, 2.24) is 10.3 Å². The lowest BCUT2D eigenvalue weighted by molar-refractivity contribution is -0.123. The smallest absolute Gasteiger partial charge is 0.237 e. The number of halogens is 1. The van der Waals surface area contributed by atoms with Gasteiger partial charge in [-0.15, -0.1) is 12.4 Å². The first-order valence-electron chi connectivity index (χ1n) is 8.77. The zero-order valence-corrected chi connectivity index (χ0v) is 16.7. The van der Waals surface area contributed by atoms with Gasteiger partial charge < -0.3 is 25.5 Å². The van der Waals surface area contributed by atoms with Crippen molar-refractivity contribution in [3.8, 4) is 11.5 Å². The molecule has 0 aliphatic rings. The van der Waals surface area contributed by atoms with Crippen LogP contribution in [-0.2, 0) is 11.2 Å². The second-order valence-corrected chi connectivity index (χ2v) is 6.39. The van der Waals surface area contributed by atoms with Crippen molar-refractivity contribution in [3.05, 3.63) is 23.9 Å². The third-order valence-corrected chi connectivity index (χ3v) is 4.67. The first kappa shape index (κ1) is 22.1. The quantitative estimate of drug-likeness (QED) is 0.580. The van der Waals surface area contributed by atoms with Crippen molar-refractivity contribution in [2.24, 2.45) is 11.7 Å². The number of aromatic amines is 1. The standard InChI is InChI=1S/C19H29N3O3.ClH/c1-5-12(2)18(20)19(23)21-8-6-7-13-9-15-16(22-13)10-14(24-3)11-17(15)25-4;/h9-12,18,22H,5-8,20H2,1-4H3,(H,21,23);1H. The van der Waals surface area contributed by atoms with Crippen molar-refractivity contribution >= 4 is 29.2 Å². The van der Waals surface area contributed by atoms with E-state index in [0.29, 0.717) is 6.54 Å². The molecule has 2 rings (SSSR count). The van der Waals surface area contributed by atoms with Gasteiger partial charge in [-0.1, -0.05) is 20.3 Å². The molecule has 0 spiro atoms. The Bertz CT molecular complexity index is 717. The number of methoxy groups -OCH3 is 2. The molecule has 4 N–H and O–H groups in total. The minimum Gasteiger partial charge on any atom is -0.497 e. The zero-order valence-electron chi connectivity index (χ0n) is 15.9. The van der Waals surface area contributed by atoms with Crippen molar-refractivity contribution in [2.75, 3.05) is 20.8 Å². The highest BCUT2D eigenvalue weighted by Crippen LogP contribution is 2.31. The van der Waals surface area contributed by atoms with E-state index in [0.717, 1.165) is 47.4 Å². The largest absolute Gasteiger partial charge is 0.497 e. The lowest BCUT2D eigenvalue weighted by atomic mass is 9.99. The lowest BCUT2D eigenvalue weighted by Gasteiger charge is -2.17. The van der Waals surface area contributed by atoms with Crippen LogP contribution in [0.2, 0.25) is 0 Å². The fourth-order valence-electron chi connectivity index (χ4n) is 2.78. The molecule has 2 aromatic rings. The number of aryl methyl sites for hydroxylation is 1. The molecular formula is C19H30ClN3O3. The molecule has 2 atom stereocenters. The van der Waals surface area contributed by atoms with Crippen LogP contribution < -0.4 is 20.5 Å². The van der Waals surface area contributed by atoms with Gasteiger partial charge in [-0.05, 0) is 24.8 Å². The lowest BCUT2D eigenvalue weighted by Crippen LogP contribution is -2.44. The Balaban J connectivity index is 0.00000338. The average molecular weight is 384 g/mol. The van der Waals surface area contributed by atoms with E-state index in [2.05, 4.69) is 16.4 Å². The number of hydrogen-bond donors (Lipinski definition) is 3. The number of nitrogens with one attached hydrogen (secondary N) is 2. The number of H-pyrrole nitrogens is 1. The maximum atomic E-state index is 12.0. The third kappa shape index (κ3) is 5.29. The van der Waals surface area contributed by atoms with E-state index in [1.54, 1.807) is 14.2 Å². The summed E-state index contributed by atoms with van der Waals surface area (Å²) >= 11 is 0. The van der Waals surface area contributed by atoms with Crippen LogP contribution in [-0.4, -0.2) is 37.7 Å². The molecule has 0 saturated heterocycles. The Kier molecular flexibility index (Phi) is 8.75. The van der Waals surface area contributed by atoms with Gasteiger partial charge in [0.15, 0.2) is 0 Å². The van der Waals surface area contributed by atoms with Crippen LogP contribution >= 0.6 is 12.4 Å². The molecule has 0 aliphatic heterocycles. The Hall–Kier alpha value is -1.92. The molecule has 1 aromatic carbocycles. The molecule has 1 heterocycles. The second kappa shape index (κ2) is 10.3. The summed E-state index contributed by atoms with van der Waals surface area (Å²) in [6.07, 6.45) is 2.57. The Labute approximate surface area is 161 Å². The van der Waals surface area contributed by atoms with Crippen molar-refractivity contribution < 1.29 is 14.3 Å². The van der Waals surface area contributed by atoms with Gasteiger partial charge in [-0.2, -0.15) is 0 Å². The third-order valence-electron chi connectivity index (χ3n) is 4.67. The van der Waals surface area contributed by atoms with E-state index in [4.69, 9.17) is 15.2 Å². The van der Waals surface area contributed by atoms with Gasteiger partial charge in [0.05, 0.1) is 25.8 Å². The summed E-state index contributed by atoms with van der Waals surface area (Å²) in [7, 11) is 3.29. The Morgan fingerprint density at radius 3 is 2.62 bits per heavy atom. The number of aromatic nitrogens is 1. The van der Waals surface area contributed by atoms with Gasteiger partial charge >= 0.3 is 0 Å². The summed E-state index contributed by atoms with van der Waals surface area (Å²) in [6, 6.07) is 5.47. The first-order valence-corrected chi connectivity index (χ1v) is 8.77. The van der Waals surface area contributed by atoms with E-state index in [-0.39, 0.29) is 24.2 Å². The number of rotatable bonds is 9. The normalized spacial score (nSPS) is 13.0. The molecule has 7 heteroatoms. The minimum absolute atomic E-state index is 0. The highest BCUT2D eigenvalue weighted by atomic mass is 35.5. The van der Waals surface area contributed by atoms with E-state index >= 15 is 0 Å². The van der Waals surface area contributed by atoms with Crippen LogP contribution in [0.3, 0.4) is 0 Å². The number of benzene rings is 1. The number of ether oxygens (including phenoxy) is 2. The molecule has 146 valence electrons. The number of fused-ring (bicyclic) bond motifs is 1. The van der Waals surface area contributed by atoms with Gasteiger partial charge in [0.1, 0.15) is 11.5 Å². The van der Waals surface area contributed by atoms with Crippen LogP contribution in [0.1, 0.15) is 32.4 Å². The summed E-state index contributed by atoms with van der Waals surface area (Å²) in [4.78, 5) is 15.4. The molecule has 1 amide bonds. The molecule has 0 radical (unpaired) electrons. The SMILES string of the molecule is CCC(C)C(N)C(=O)NCCCc1cc2c(OC)cc(OC)cc2[nH]1.Cl. The highest BCUT2D eigenvalue weighted by Gasteiger charge is 2.18. The average Bonchev–Trinajstić information content (AvgIpc) is 3.05. The van der Waals surface area contributed by atoms with Crippen LogP contribution in [0.25, 0.3) is 10.9 Å². The van der Waals surface area contributed by atoms with Crippen LogP contribution in [0.4, 0.5) is 0 Å². The number of nitrogens with two attached hydrogens (primary N) is 1. The summed E-state index contributed by atoms with van der Waals surface area (Å²) in [5, 5.41) is 3.95. The zero-order chi connectivity index (χ0) is 18.4. The van der Waals surface area contributed by atoms with E-state index < -0.39 is 6.04 Å². The fraction of sp³-hybridized carbons (Fsp3) is 0.526. The Morgan fingerprint density at radius 1 is 1.27 bits per heavy atom. The first-order chi connectivity index (χ1) is 12.0. The van der Waals surface area contributed by atoms with Crippen molar-refractivity contribution in [2.45, 2.75) is 39.2 Å². The molecule has 1 aromatic heterocycles. The summed E-state index contributed by atoms with van der Waals surface area (Å²) in [5.74, 6) is 1.65. The van der Waals surface area contributed by atoms with Crippen molar-refractivity contribution in [3.63, 3.8) is 0 Å². The highest BCUT2D eigenvalue weighted by molar-refractivity contribution is 5.88. The van der Waals surface area contributed by atoms with Gasteiger partial charge in [0.2, 0.25) is 5.91 Å². The number of carbonyl (C=O) groups excluding carboxylic acids is 1. The second-order valence-electron chi connectivity index (χ2n) is 6.39. The number of carbonyl (C=O) groups is 1. The van der Waals surface area contributed by atoms with Crippen LogP contribution in [0.15, 0.2) is 18.2 Å². The maximum Gasteiger partial charge on any atom is 0.237 e. The molecule has 0 bridgehead atoms. The van der Waals surface area contributed by atoms with Gasteiger partial charge in [-0.25, -0.2) is 0 Å². The van der Waals surface area contributed by atoms with E-state index in [9.17, 15) is 4.79 Å². The summed E-state index contributed by atoms with van der Waals surface area (Å²) in [6.45, 7) is 4.64. The predicted molar refractivity (Wildman–Crippen MR) is 107 cm³/mol. The molecule has 0 aliphatic carbocycles. The van der Waals surface area contributed by atoms with Gasteiger partial charge in [0, 0.05) is 29.8 Å². The minimum atomic E-state index is -0.435. The molecule has 0 saturated carbocycles. The van der Waals surface area contributed by atoms with Gasteiger partial charge in [-0.3, -0.25) is 4.79 Å². The maximum absolute atomic E-state index is 12.0. The number of amides is 1. The van der Waals surface area contributed by atoms with Gasteiger partial charge in [0.25, 0.3) is 0 Å². The predicted octanol–water partition coefficient (Wildman–Crippen LogP) is 3.03. The molecule has 26 heavy (non-hydrogen) atoms. The van der Waals surface area contributed by atoms with E-state index in [1.165, 1.54) is 0 Å². The molecule has 0 fully saturated rings. The van der Waals surface area contributed by atoms with Crippen LogP contribution in [0, 0.1) is 5.92 Å². The monoisotopic (exact) mass is 383 g/mol.